The minimum atomic E-state index is -3.57. The number of pyridine rings is 1. The SMILES string of the molecule is Cc1ccc(C)c(S(=O)(=O)NCCNc2cc(Nc3ccccn3)nc(C)n2)c1. The summed E-state index contributed by atoms with van der Waals surface area (Å²) in [5.41, 5.74) is 1.62. The molecule has 3 aromatic rings. The van der Waals surface area contributed by atoms with E-state index in [0.29, 0.717) is 40.3 Å². The molecule has 152 valence electrons. The highest BCUT2D eigenvalue weighted by atomic mass is 32.2. The van der Waals surface area contributed by atoms with E-state index in [1.165, 1.54) is 0 Å². The summed E-state index contributed by atoms with van der Waals surface area (Å²) in [6, 6.07) is 12.7. The van der Waals surface area contributed by atoms with Gasteiger partial charge in [-0.2, -0.15) is 0 Å². The van der Waals surface area contributed by atoms with Crippen molar-refractivity contribution in [3.63, 3.8) is 0 Å². The smallest absolute Gasteiger partial charge is 0.240 e. The second-order valence-electron chi connectivity index (χ2n) is 6.62. The van der Waals surface area contributed by atoms with Crippen molar-refractivity contribution in [2.75, 3.05) is 23.7 Å². The molecule has 0 unspecified atom stereocenters. The molecule has 0 aliphatic carbocycles. The summed E-state index contributed by atoms with van der Waals surface area (Å²) in [7, 11) is -3.57. The van der Waals surface area contributed by atoms with E-state index in [0.717, 1.165) is 5.56 Å². The van der Waals surface area contributed by atoms with Crippen molar-refractivity contribution in [3.05, 3.63) is 65.6 Å². The Kier molecular flexibility index (Phi) is 6.40. The predicted octanol–water partition coefficient (Wildman–Crippen LogP) is 2.93. The van der Waals surface area contributed by atoms with Crippen molar-refractivity contribution in [3.8, 4) is 0 Å². The van der Waals surface area contributed by atoms with Crippen molar-refractivity contribution in [1.29, 1.82) is 0 Å². The summed E-state index contributed by atoms with van der Waals surface area (Å²) in [5, 5.41) is 6.24. The molecule has 2 heterocycles. The Labute approximate surface area is 170 Å². The zero-order valence-electron chi connectivity index (χ0n) is 16.6. The van der Waals surface area contributed by atoms with Crippen molar-refractivity contribution >= 4 is 27.5 Å². The maximum absolute atomic E-state index is 12.5. The molecule has 0 atom stereocenters. The number of sulfonamides is 1. The second kappa shape index (κ2) is 8.97. The fraction of sp³-hybridized carbons (Fsp3) is 0.250. The summed E-state index contributed by atoms with van der Waals surface area (Å²) >= 11 is 0. The Balaban J connectivity index is 1.60. The van der Waals surface area contributed by atoms with E-state index in [9.17, 15) is 8.42 Å². The summed E-state index contributed by atoms with van der Waals surface area (Å²) in [4.78, 5) is 13.2. The van der Waals surface area contributed by atoms with Gasteiger partial charge in [0.1, 0.15) is 23.3 Å². The van der Waals surface area contributed by atoms with Gasteiger partial charge in [-0.15, -0.1) is 0 Å². The van der Waals surface area contributed by atoms with Gasteiger partial charge in [-0.3, -0.25) is 0 Å². The van der Waals surface area contributed by atoms with Crippen molar-refractivity contribution in [2.24, 2.45) is 0 Å². The van der Waals surface area contributed by atoms with Gasteiger partial charge in [-0.1, -0.05) is 18.2 Å². The molecule has 8 nitrogen and oxygen atoms in total. The first kappa shape index (κ1) is 20.7. The van der Waals surface area contributed by atoms with Crippen LogP contribution in [0.3, 0.4) is 0 Å². The largest absolute Gasteiger partial charge is 0.369 e. The van der Waals surface area contributed by atoms with E-state index in [-0.39, 0.29) is 6.54 Å². The lowest BCUT2D eigenvalue weighted by Gasteiger charge is -2.12. The summed E-state index contributed by atoms with van der Waals surface area (Å²) in [6.07, 6.45) is 1.69. The molecule has 0 aliphatic heterocycles. The van der Waals surface area contributed by atoms with Crippen LogP contribution in [0.25, 0.3) is 0 Å². The third kappa shape index (κ3) is 5.72. The molecule has 0 saturated heterocycles. The molecule has 3 rings (SSSR count). The highest BCUT2D eigenvalue weighted by Gasteiger charge is 2.16. The van der Waals surface area contributed by atoms with Crippen LogP contribution in [0, 0.1) is 20.8 Å². The molecule has 0 amide bonds. The van der Waals surface area contributed by atoms with E-state index < -0.39 is 10.0 Å². The third-order valence-corrected chi connectivity index (χ3v) is 5.72. The maximum atomic E-state index is 12.5. The number of aryl methyl sites for hydroxylation is 3. The molecule has 29 heavy (non-hydrogen) atoms. The van der Waals surface area contributed by atoms with E-state index in [2.05, 4.69) is 30.3 Å². The van der Waals surface area contributed by atoms with Crippen LogP contribution in [-0.2, 0) is 10.0 Å². The lowest BCUT2D eigenvalue weighted by atomic mass is 10.2. The third-order valence-electron chi connectivity index (χ3n) is 4.12. The highest BCUT2D eigenvalue weighted by molar-refractivity contribution is 7.89. The van der Waals surface area contributed by atoms with Gasteiger partial charge in [0, 0.05) is 25.4 Å². The van der Waals surface area contributed by atoms with Gasteiger partial charge in [-0.25, -0.2) is 28.1 Å². The minimum absolute atomic E-state index is 0.224. The summed E-state index contributed by atoms with van der Waals surface area (Å²) in [6.45, 7) is 6.05. The first-order valence-corrected chi connectivity index (χ1v) is 10.7. The molecule has 3 N–H and O–H groups in total. The van der Waals surface area contributed by atoms with Gasteiger partial charge in [-0.05, 0) is 50.1 Å². The molecule has 9 heteroatoms. The van der Waals surface area contributed by atoms with E-state index in [4.69, 9.17) is 0 Å². The van der Waals surface area contributed by atoms with E-state index in [1.54, 1.807) is 32.2 Å². The van der Waals surface area contributed by atoms with Gasteiger partial charge in [0.15, 0.2) is 0 Å². The molecule has 0 saturated carbocycles. The average Bonchev–Trinajstić information content (AvgIpc) is 2.67. The Hall–Kier alpha value is -3.04. The number of rotatable bonds is 8. The Bertz CT molecular complexity index is 1090. The molecule has 2 aromatic heterocycles. The van der Waals surface area contributed by atoms with Crippen molar-refractivity contribution in [2.45, 2.75) is 25.7 Å². The molecule has 0 aliphatic rings. The Morgan fingerprint density at radius 3 is 2.45 bits per heavy atom. The first-order valence-electron chi connectivity index (χ1n) is 9.18. The van der Waals surface area contributed by atoms with Crippen LogP contribution in [0.2, 0.25) is 0 Å². The summed E-state index contributed by atoms with van der Waals surface area (Å²) in [5.74, 6) is 2.47. The standard InChI is InChI=1S/C20H24N6O2S/c1-14-7-8-15(2)17(12-14)29(27,28)23-11-10-22-19-13-20(25-16(3)24-19)26-18-6-4-5-9-21-18/h4-9,12-13,23H,10-11H2,1-3H3,(H2,21,22,24,25,26). The average molecular weight is 413 g/mol. The van der Waals surface area contributed by atoms with Crippen molar-refractivity contribution < 1.29 is 8.42 Å². The molecule has 0 radical (unpaired) electrons. The molecular weight excluding hydrogens is 388 g/mol. The van der Waals surface area contributed by atoms with Gasteiger partial charge in [0.05, 0.1) is 4.90 Å². The lowest BCUT2D eigenvalue weighted by Crippen LogP contribution is -2.29. The number of anilines is 3. The molecule has 0 fully saturated rings. The number of nitrogens with zero attached hydrogens (tertiary/aromatic N) is 3. The van der Waals surface area contributed by atoms with Crippen LogP contribution in [0.5, 0.6) is 0 Å². The van der Waals surface area contributed by atoms with Gasteiger partial charge >= 0.3 is 0 Å². The number of hydrogen-bond acceptors (Lipinski definition) is 7. The van der Waals surface area contributed by atoms with Crippen LogP contribution in [0.15, 0.2) is 53.6 Å². The maximum Gasteiger partial charge on any atom is 0.240 e. The molecule has 0 bridgehead atoms. The monoisotopic (exact) mass is 412 g/mol. The van der Waals surface area contributed by atoms with Gasteiger partial charge < -0.3 is 10.6 Å². The normalized spacial score (nSPS) is 11.3. The van der Waals surface area contributed by atoms with Crippen molar-refractivity contribution in [1.82, 2.24) is 19.7 Å². The quantitative estimate of drug-likeness (QED) is 0.488. The Morgan fingerprint density at radius 2 is 1.69 bits per heavy atom. The minimum Gasteiger partial charge on any atom is -0.369 e. The highest BCUT2D eigenvalue weighted by Crippen LogP contribution is 2.17. The fourth-order valence-corrected chi connectivity index (χ4v) is 4.10. The fourth-order valence-electron chi connectivity index (χ4n) is 2.74. The van der Waals surface area contributed by atoms with E-state index >= 15 is 0 Å². The van der Waals surface area contributed by atoms with Crippen LogP contribution >= 0.6 is 0 Å². The molecular formula is C20H24N6O2S. The predicted molar refractivity (Wildman–Crippen MR) is 114 cm³/mol. The Morgan fingerprint density at radius 1 is 0.897 bits per heavy atom. The van der Waals surface area contributed by atoms with Crippen LogP contribution in [-0.4, -0.2) is 36.5 Å². The molecule has 0 spiro atoms. The second-order valence-corrected chi connectivity index (χ2v) is 8.35. The van der Waals surface area contributed by atoms with E-state index in [1.807, 2.05) is 37.3 Å². The first-order chi connectivity index (χ1) is 13.8. The zero-order valence-corrected chi connectivity index (χ0v) is 17.4. The topological polar surface area (TPSA) is 109 Å². The van der Waals surface area contributed by atoms with Crippen LogP contribution < -0.4 is 15.4 Å². The van der Waals surface area contributed by atoms with Crippen LogP contribution in [0.1, 0.15) is 17.0 Å². The number of aromatic nitrogens is 3. The summed E-state index contributed by atoms with van der Waals surface area (Å²) < 4.78 is 27.7. The number of benzene rings is 1. The van der Waals surface area contributed by atoms with Gasteiger partial charge in [0.25, 0.3) is 0 Å². The lowest BCUT2D eigenvalue weighted by molar-refractivity contribution is 0.582. The number of hydrogen-bond donors (Lipinski definition) is 3. The zero-order chi connectivity index (χ0) is 20.9. The van der Waals surface area contributed by atoms with Gasteiger partial charge in [0.2, 0.25) is 10.0 Å². The van der Waals surface area contributed by atoms with Crippen LogP contribution in [0.4, 0.5) is 17.5 Å². The molecule has 1 aromatic carbocycles. The number of nitrogens with one attached hydrogen (secondary N) is 3.